The topological polar surface area (TPSA) is 87.4 Å². The number of ether oxygens (including phenoxy) is 4. The number of carbonyl (C=O) groups is 1. The van der Waals surface area contributed by atoms with Gasteiger partial charge in [-0.1, -0.05) is 12.1 Å². The van der Waals surface area contributed by atoms with Gasteiger partial charge < -0.3 is 28.3 Å². The van der Waals surface area contributed by atoms with E-state index in [0.29, 0.717) is 28.6 Å². The Kier molecular flexibility index (Phi) is 5.06. The molecule has 2 aliphatic rings. The van der Waals surface area contributed by atoms with Crippen molar-refractivity contribution in [3.8, 4) is 23.0 Å². The van der Waals surface area contributed by atoms with Crippen molar-refractivity contribution in [3.63, 3.8) is 0 Å². The highest BCUT2D eigenvalue weighted by atomic mass is 19.1. The largest absolute Gasteiger partial charge is 0.493 e. The number of benzene rings is 3. The Labute approximate surface area is 204 Å². The summed E-state index contributed by atoms with van der Waals surface area (Å²) >= 11 is 0. The van der Waals surface area contributed by atoms with Crippen molar-refractivity contribution in [1.29, 1.82) is 0 Å². The van der Waals surface area contributed by atoms with Gasteiger partial charge in [-0.05, 0) is 53.6 Å². The average molecular weight is 489 g/mol. The van der Waals surface area contributed by atoms with Crippen LogP contribution in [0.5, 0.6) is 23.0 Å². The zero-order valence-electron chi connectivity index (χ0n) is 19.4. The summed E-state index contributed by atoms with van der Waals surface area (Å²) in [6, 6.07) is 13.4. The highest BCUT2D eigenvalue weighted by Gasteiger charge is 2.43. The molecule has 0 N–H and O–H groups in total. The van der Waals surface area contributed by atoms with Crippen LogP contribution in [0.4, 0.5) is 4.39 Å². The monoisotopic (exact) mass is 489 g/mol. The lowest BCUT2D eigenvalue weighted by molar-refractivity contribution is 0.0714. The molecule has 0 unspecified atom stereocenters. The summed E-state index contributed by atoms with van der Waals surface area (Å²) in [6.45, 7) is 0.283. The summed E-state index contributed by atoms with van der Waals surface area (Å²) in [5.41, 5.74) is 1.21. The van der Waals surface area contributed by atoms with E-state index in [-0.39, 0.29) is 35.6 Å². The van der Waals surface area contributed by atoms with E-state index in [1.165, 1.54) is 26.4 Å². The van der Waals surface area contributed by atoms with Crippen LogP contribution in [0, 0.1) is 5.82 Å². The molecule has 1 aromatic heterocycles. The Morgan fingerprint density at radius 3 is 2.56 bits per heavy atom. The van der Waals surface area contributed by atoms with Crippen molar-refractivity contribution in [3.05, 3.63) is 93.1 Å². The van der Waals surface area contributed by atoms with E-state index in [1.807, 2.05) is 6.07 Å². The summed E-state index contributed by atoms with van der Waals surface area (Å²) in [5, 5.41) is 0.0666. The number of fused-ring (bicyclic) bond motifs is 3. The Morgan fingerprint density at radius 1 is 0.944 bits per heavy atom. The highest BCUT2D eigenvalue weighted by Crippen LogP contribution is 2.42. The number of carbonyl (C=O) groups excluding carboxylic acids is 1. The second-order valence-electron chi connectivity index (χ2n) is 8.45. The first-order valence-corrected chi connectivity index (χ1v) is 11.2. The predicted molar refractivity (Wildman–Crippen MR) is 126 cm³/mol. The zero-order valence-corrected chi connectivity index (χ0v) is 19.4. The summed E-state index contributed by atoms with van der Waals surface area (Å²) in [5.74, 6) is 1.05. The van der Waals surface area contributed by atoms with Crippen LogP contribution < -0.4 is 24.4 Å². The fourth-order valence-corrected chi connectivity index (χ4v) is 4.76. The van der Waals surface area contributed by atoms with E-state index >= 15 is 0 Å². The maximum Gasteiger partial charge on any atom is 0.291 e. The summed E-state index contributed by atoms with van der Waals surface area (Å²) in [4.78, 5) is 28.8. The molecule has 0 spiro atoms. The highest BCUT2D eigenvalue weighted by molar-refractivity contribution is 5.99. The molecule has 6 rings (SSSR count). The van der Waals surface area contributed by atoms with E-state index in [9.17, 15) is 14.0 Å². The molecule has 0 aliphatic carbocycles. The Balaban J connectivity index is 1.53. The molecule has 1 amide bonds. The standard InChI is InChI=1S/C27H20FNO7/c1-32-19-7-4-15(10-21(19)33-2)24-23-25(30)17-11-16(28)5-8-18(17)36-26(23)27(31)29(24)12-14-3-6-20-22(9-14)35-13-34-20/h3-11,24H,12-13H2,1-2H3/t24-/m0/s1. The second-order valence-corrected chi connectivity index (χ2v) is 8.45. The van der Waals surface area contributed by atoms with Crippen molar-refractivity contribution in [2.24, 2.45) is 0 Å². The SMILES string of the molecule is COc1ccc([C@H]2c3c(oc4ccc(F)cc4c3=O)C(=O)N2Cc2ccc3c(c2)OCO3)cc1OC. The fraction of sp³-hybridized carbons (Fsp3) is 0.185. The molecule has 9 heteroatoms. The first-order chi connectivity index (χ1) is 17.5. The van der Waals surface area contributed by atoms with Crippen molar-refractivity contribution in [2.45, 2.75) is 12.6 Å². The molecule has 8 nitrogen and oxygen atoms in total. The molecule has 0 bridgehead atoms. The third-order valence-electron chi connectivity index (χ3n) is 6.44. The Morgan fingerprint density at radius 2 is 1.75 bits per heavy atom. The van der Waals surface area contributed by atoms with E-state index in [0.717, 1.165) is 11.6 Å². The average Bonchev–Trinajstić information content (AvgIpc) is 3.47. The van der Waals surface area contributed by atoms with Crippen LogP contribution in [-0.4, -0.2) is 31.8 Å². The zero-order chi connectivity index (χ0) is 25.0. The van der Waals surface area contributed by atoms with Crippen molar-refractivity contribution in [2.75, 3.05) is 21.0 Å². The molecule has 0 radical (unpaired) electrons. The molecule has 182 valence electrons. The van der Waals surface area contributed by atoms with Crippen LogP contribution in [0.15, 0.2) is 63.8 Å². The number of nitrogens with zero attached hydrogens (tertiary/aromatic N) is 1. The summed E-state index contributed by atoms with van der Waals surface area (Å²) in [6.07, 6.45) is 0. The number of hydrogen-bond donors (Lipinski definition) is 0. The van der Waals surface area contributed by atoms with Crippen LogP contribution in [0.1, 0.15) is 33.3 Å². The van der Waals surface area contributed by atoms with Gasteiger partial charge in [0.2, 0.25) is 12.6 Å². The van der Waals surface area contributed by atoms with Gasteiger partial charge in [-0.15, -0.1) is 0 Å². The number of halogens is 1. The number of methoxy groups -OCH3 is 2. The van der Waals surface area contributed by atoms with Gasteiger partial charge in [0.05, 0.1) is 31.2 Å². The Bertz CT molecular complexity index is 1600. The lowest BCUT2D eigenvalue weighted by Crippen LogP contribution is -2.29. The maximum atomic E-state index is 14.0. The first kappa shape index (κ1) is 22.0. The number of amides is 1. The Hall–Kier alpha value is -4.53. The van der Waals surface area contributed by atoms with E-state index in [4.69, 9.17) is 23.4 Å². The van der Waals surface area contributed by atoms with Gasteiger partial charge in [-0.2, -0.15) is 0 Å². The fourth-order valence-electron chi connectivity index (χ4n) is 4.76. The third kappa shape index (κ3) is 3.35. The molecular formula is C27H20FNO7. The minimum absolute atomic E-state index is 0.0666. The maximum absolute atomic E-state index is 14.0. The molecule has 36 heavy (non-hydrogen) atoms. The third-order valence-corrected chi connectivity index (χ3v) is 6.44. The number of rotatable bonds is 5. The molecule has 3 heterocycles. The van der Waals surface area contributed by atoms with Crippen LogP contribution in [0.3, 0.4) is 0 Å². The van der Waals surface area contributed by atoms with Crippen LogP contribution in [0.2, 0.25) is 0 Å². The van der Waals surface area contributed by atoms with Crippen LogP contribution in [-0.2, 0) is 6.54 Å². The predicted octanol–water partition coefficient (Wildman–Crippen LogP) is 4.42. The second kappa shape index (κ2) is 8.30. The quantitative estimate of drug-likeness (QED) is 0.410. The molecule has 2 aliphatic heterocycles. The van der Waals surface area contributed by atoms with Gasteiger partial charge >= 0.3 is 0 Å². The van der Waals surface area contributed by atoms with Crippen LogP contribution >= 0.6 is 0 Å². The summed E-state index contributed by atoms with van der Waals surface area (Å²) in [7, 11) is 3.03. The summed E-state index contributed by atoms with van der Waals surface area (Å²) < 4.78 is 41.6. The molecule has 3 aromatic carbocycles. The lowest BCUT2D eigenvalue weighted by Gasteiger charge is -2.26. The van der Waals surface area contributed by atoms with Gasteiger partial charge in [0, 0.05) is 6.54 Å². The minimum Gasteiger partial charge on any atom is -0.493 e. The van der Waals surface area contributed by atoms with Gasteiger partial charge in [-0.3, -0.25) is 9.59 Å². The molecule has 0 saturated heterocycles. The lowest BCUT2D eigenvalue weighted by atomic mass is 9.97. The van der Waals surface area contributed by atoms with Gasteiger partial charge in [0.1, 0.15) is 11.4 Å². The normalized spacial score (nSPS) is 15.9. The van der Waals surface area contributed by atoms with E-state index in [2.05, 4.69) is 0 Å². The number of hydrogen-bond acceptors (Lipinski definition) is 7. The molecular weight excluding hydrogens is 469 g/mol. The first-order valence-electron chi connectivity index (χ1n) is 11.2. The van der Waals surface area contributed by atoms with E-state index in [1.54, 1.807) is 35.2 Å². The molecule has 4 aromatic rings. The molecule has 1 atom stereocenters. The van der Waals surface area contributed by atoms with Crippen molar-refractivity contribution < 1.29 is 32.5 Å². The van der Waals surface area contributed by atoms with E-state index < -0.39 is 23.2 Å². The smallest absolute Gasteiger partial charge is 0.291 e. The van der Waals surface area contributed by atoms with Gasteiger partial charge in [-0.25, -0.2) is 4.39 Å². The van der Waals surface area contributed by atoms with Crippen LogP contribution in [0.25, 0.3) is 11.0 Å². The van der Waals surface area contributed by atoms with Gasteiger partial charge in [0.15, 0.2) is 28.4 Å². The molecule has 0 saturated carbocycles. The van der Waals surface area contributed by atoms with Crippen molar-refractivity contribution in [1.82, 2.24) is 4.90 Å². The van der Waals surface area contributed by atoms with Gasteiger partial charge in [0.25, 0.3) is 5.91 Å². The molecule has 0 fully saturated rings. The minimum atomic E-state index is -0.804. The van der Waals surface area contributed by atoms with Crippen molar-refractivity contribution >= 4 is 16.9 Å².